The van der Waals surface area contributed by atoms with Crippen LogP contribution in [-0.2, 0) is 11.2 Å². The number of ether oxygens (including phenoxy) is 1. The van der Waals surface area contributed by atoms with Crippen molar-refractivity contribution in [2.75, 3.05) is 19.7 Å². The van der Waals surface area contributed by atoms with Crippen LogP contribution in [0.3, 0.4) is 0 Å². The van der Waals surface area contributed by atoms with E-state index in [4.69, 9.17) is 9.15 Å². The Morgan fingerprint density at radius 1 is 1.41 bits per heavy atom. The van der Waals surface area contributed by atoms with Gasteiger partial charge in [-0.15, -0.1) is 24.0 Å². The summed E-state index contributed by atoms with van der Waals surface area (Å²) in [6.45, 7) is 8.76. The zero-order chi connectivity index (χ0) is 15.1. The summed E-state index contributed by atoms with van der Waals surface area (Å²) in [6, 6.07) is 3.90. The minimum atomic E-state index is -0.0208. The second-order valence-corrected chi connectivity index (χ2v) is 6.46. The fourth-order valence-corrected chi connectivity index (χ4v) is 2.24. The quantitative estimate of drug-likeness (QED) is 0.436. The third-order valence-electron chi connectivity index (χ3n) is 3.21. The summed E-state index contributed by atoms with van der Waals surface area (Å²) in [6.07, 6.45) is 5.08. The van der Waals surface area contributed by atoms with E-state index in [1.54, 1.807) is 6.26 Å². The molecule has 1 aliphatic heterocycles. The van der Waals surface area contributed by atoms with E-state index in [1.165, 1.54) is 0 Å². The lowest BCUT2D eigenvalue weighted by Crippen LogP contribution is -2.48. The van der Waals surface area contributed by atoms with Crippen molar-refractivity contribution in [2.45, 2.75) is 51.7 Å². The molecule has 1 aromatic rings. The van der Waals surface area contributed by atoms with Crippen molar-refractivity contribution < 1.29 is 9.15 Å². The predicted octanol–water partition coefficient (Wildman–Crippen LogP) is 2.95. The Morgan fingerprint density at radius 3 is 2.82 bits per heavy atom. The number of nitrogens with one attached hydrogen (secondary N) is 2. The molecule has 5 nitrogen and oxygen atoms in total. The molecule has 0 amide bonds. The van der Waals surface area contributed by atoms with Crippen molar-refractivity contribution in [1.82, 2.24) is 10.6 Å². The molecule has 0 saturated carbocycles. The highest BCUT2D eigenvalue weighted by atomic mass is 127. The van der Waals surface area contributed by atoms with Gasteiger partial charge in [0.2, 0.25) is 0 Å². The van der Waals surface area contributed by atoms with Crippen molar-refractivity contribution >= 4 is 29.9 Å². The second-order valence-electron chi connectivity index (χ2n) is 6.46. The third kappa shape index (κ3) is 7.49. The number of hydrogen-bond acceptors (Lipinski definition) is 3. The lowest BCUT2D eigenvalue weighted by atomic mass is 10.1. The molecule has 0 bridgehead atoms. The van der Waals surface area contributed by atoms with Gasteiger partial charge in [-0.1, -0.05) is 0 Å². The summed E-state index contributed by atoms with van der Waals surface area (Å²) in [5.74, 6) is 1.82. The summed E-state index contributed by atoms with van der Waals surface area (Å²) < 4.78 is 11.0. The molecule has 2 heterocycles. The van der Waals surface area contributed by atoms with E-state index in [1.807, 2.05) is 12.1 Å². The van der Waals surface area contributed by atoms with Gasteiger partial charge in [0.15, 0.2) is 5.96 Å². The van der Waals surface area contributed by atoms with Gasteiger partial charge < -0.3 is 19.8 Å². The number of rotatable bonds is 5. The van der Waals surface area contributed by atoms with Crippen molar-refractivity contribution in [1.29, 1.82) is 0 Å². The average molecular weight is 421 g/mol. The van der Waals surface area contributed by atoms with Gasteiger partial charge in [-0.2, -0.15) is 0 Å². The Hall–Kier alpha value is -0.760. The molecule has 0 spiro atoms. The van der Waals surface area contributed by atoms with Gasteiger partial charge in [0, 0.05) is 25.1 Å². The van der Waals surface area contributed by atoms with Crippen molar-refractivity contribution in [3.8, 4) is 0 Å². The maximum absolute atomic E-state index is 5.62. The summed E-state index contributed by atoms with van der Waals surface area (Å²) >= 11 is 0. The summed E-state index contributed by atoms with van der Waals surface area (Å²) in [7, 11) is 0. The van der Waals surface area contributed by atoms with Crippen LogP contribution in [-0.4, -0.2) is 37.3 Å². The Labute approximate surface area is 150 Å². The van der Waals surface area contributed by atoms with Crippen molar-refractivity contribution in [3.63, 3.8) is 0 Å². The highest BCUT2D eigenvalue weighted by Gasteiger charge is 2.16. The van der Waals surface area contributed by atoms with E-state index >= 15 is 0 Å². The number of guanidine groups is 1. The van der Waals surface area contributed by atoms with Crippen molar-refractivity contribution in [3.05, 3.63) is 24.2 Å². The van der Waals surface area contributed by atoms with Gasteiger partial charge in [-0.3, -0.25) is 4.99 Å². The standard InChI is InChI=1S/C16H27N3O2.HI/c1-16(2,3)19-15(18-12-14-7-5-11-21-14)17-9-8-13-6-4-10-20-13;/h4,6,10,14H,5,7-9,11-12H2,1-3H3,(H2,17,18,19);1H. The zero-order valence-electron chi connectivity index (χ0n) is 13.7. The van der Waals surface area contributed by atoms with Crippen LogP contribution in [0.2, 0.25) is 0 Å². The lowest BCUT2D eigenvalue weighted by Gasteiger charge is -2.24. The molecule has 0 aromatic carbocycles. The van der Waals surface area contributed by atoms with E-state index < -0.39 is 0 Å². The first-order chi connectivity index (χ1) is 10.0. The van der Waals surface area contributed by atoms with Gasteiger partial charge in [0.1, 0.15) is 5.76 Å². The van der Waals surface area contributed by atoms with E-state index in [2.05, 4.69) is 36.4 Å². The molecule has 2 N–H and O–H groups in total. The molecule has 1 aromatic heterocycles. The molecule has 6 heteroatoms. The third-order valence-corrected chi connectivity index (χ3v) is 3.21. The van der Waals surface area contributed by atoms with Crippen molar-refractivity contribution in [2.24, 2.45) is 4.99 Å². The van der Waals surface area contributed by atoms with Gasteiger partial charge in [-0.05, 0) is 45.7 Å². The zero-order valence-corrected chi connectivity index (χ0v) is 16.1. The largest absolute Gasteiger partial charge is 0.469 e. The summed E-state index contributed by atoms with van der Waals surface area (Å²) in [5, 5.41) is 6.77. The fraction of sp³-hybridized carbons (Fsp3) is 0.688. The fourth-order valence-electron chi connectivity index (χ4n) is 2.24. The highest BCUT2D eigenvalue weighted by molar-refractivity contribution is 14.0. The molecular formula is C16H28IN3O2. The Kier molecular flexibility index (Phi) is 8.24. The molecule has 1 fully saturated rings. The number of halogens is 1. The first-order valence-corrected chi connectivity index (χ1v) is 7.73. The SMILES string of the molecule is CC(C)(C)NC(=NCC1CCCO1)NCCc1ccco1.I. The van der Waals surface area contributed by atoms with E-state index in [0.717, 1.165) is 44.1 Å². The summed E-state index contributed by atoms with van der Waals surface area (Å²) in [5.41, 5.74) is -0.0208. The van der Waals surface area contributed by atoms with Gasteiger partial charge >= 0.3 is 0 Å². The van der Waals surface area contributed by atoms with Crippen LogP contribution in [0.15, 0.2) is 27.8 Å². The number of aliphatic imine (C=N–C) groups is 1. The molecule has 126 valence electrons. The molecule has 1 aliphatic rings. The van der Waals surface area contributed by atoms with Gasteiger partial charge in [0.05, 0.1) is 18.9 Å². The smallest absolute Gasteiger partial charge is 0.191 e. The summed E-state index contributed by atoms with van der Waals surface area (Å²) in [4.78, 5) is 4.65. The Bertz CT molecular complexity index is 435. The maximum atomic E-state index is 5.62. The molecule has 1 saturated heterocycles. The van der Waals surface area contributed by atoms with Crippen LogP contribution in [0, 0.1) is 0 Å². The maximum Gasteiger partial charge on any atom is 0.191 e. The monoisotopic (exact) mass is 421 g/mol. The van der Waals surface area contributed by atoms with Crippen LogP contribution in [0.5, 0.6) is 0 Å². The minimum absolute atomic E-state index is 0. The van der Waals surface area contributed by atoms with Crippen LogP contribution in [0.1, 0.15) is 39.4 Å². The van der Waals surface area contributed by atoms with Crippen LogP contribution in [0.4, 0.5) is 0 Å². The van der Waals surface area contributed by atoms with Gasteiger partial charge in [0.25, 0.3) is 0 Å². The number of furan rings is 1. The lowest BCUT2D eigenvalue weighted by molar-refractivity contribution is 0.117. The molecular weight excluding hydrogens is 393 g/mol. The second kappa shape index (κ2) is 9.39. The molecule has 0 aliphatic carbocycles. The van der Waals surface area contributed by atoms with E-state index in [0.29, 0.717) is 6.54 Å². The normalized spacial score (nSPS) is 18.9. The topological polar surface area (TPSA) is 58.8 Å². The van der Waals surface area contributed by atoms with Crippen LogP contribution in [0.25, 0.3) is 0 Å². The van der Waals surface area contributed by atoms with E-state index in [-0.39, 0.29) is 35.6 Å². The number of hydrogen-bond donors (Lipinski definition) is 2. The van der Waals surface area contributed by atoms with E-state index in [9.17, 15) is 0 Å². The molecule has 0 radical (unpaired) electrons. The molecule has 1 atom stereocenters. The van der Waals surface area contributed by atoms with Crippen LogP contribution >= 0.6 is 24.0 Å². The van der Waals surface area contributed by atoms with Gasteiger partial charge in [-0.25, -0.2) is 0 Å². The molecule has 2 rings (SSSR count). The molecule has 22 heavy (non-hydrogen) atoms. The first-order valence-electron chi connectivity index (χ1n) is 7.73. The average Bonchev–Trinajstić information content (AvgIpc) is 3.07. The Morgan fingerprint density at radius 2 is 2.23 bits per heavy atom. The number of nitrogens with zero attached hydrogens (tertiary/aromatic N) is 1. The highest BCUT2D eigenvalue weighted by Crippen LogP contribution is 2.12. The molecule has 1 unspecified atom stereocenters. The predicted molar refractivity (Wildman–Crippen MR) is 100.0 cm³/mol. The Balaban J connectivity index is 0.00000242. The van der Waals surface area contributed by atoms with Crippen LogP contribution < -0.4 is 10.6 Å². The first kappa shape index (κ1) is 19.3. The minimum Gasteiger partial charge on any atom is -0.469 e.